The monoisotopic (exact) mass is 290 g/mol. The van der Waals surface area contributed by atoms with Crippen LogP contribution in [0.15, 0.2) is 29.6 Å². The van der Waals surface area contributed by atoms with Gasteiger partial charge >= 0.3 is 0 Å². The van der Waals surface area contributed by atoms with Gasteiger partial charge in [-0.15, -0.1) is 0 Å². The van der Waals surface area contributed by atoms with Gasteiger partial charge in [-0.1, -0.05) is 39.0 Å². The number of hydrogen-bond donors (Lipinski definition) is 1. The quantitative estimate of drug-likeness (QED) is 0.322. The van der Waals surface area contributed by atoms with Crippen LogP contribution in [0.4, 0.5) is 0 Å². The van der Waals surface area contributed by atoms with Gasteiger partial charge in [-0.3, -0.25) is 4.79 Å². The predicted molar refractivity (Wildman–Crippen MR) is 86.2 cm³/mol. The lowest BCUT2D eigenvalue weighted by Crippen LogP contribution is -2.30. The molecular weight excluding hydrogens is 262 g/mol. The Bertz CT molecular complexity index is 469. The van der Waals surface area contributed by atoms with Crippen molar-refractivity contribution in [2.45, 2.75) is 58.8 Å². The van der Waals surface area contributed by atoms with Gasteiger partial charge in [-0.05, 0) is 25.8 Å². The first-order chi connectivity index (χ1) is 10.1. The molecule has 0 fully saturated rings. The second-order valence-electron chi connectivity index (χ2n) is 5.56. The molecule has 0 saturated heterocycles. The lowest BCUT2D eigenvalue weighted by atomic mass is 10.1. The highest BCUT2D eigenvalue weighted by Crippen LogP contribution is 2.07. The molecule has 4 nitrogen and oxygen atoms in total. The van der Waals surface area contributed by atoms with Crippen LogP contribution < -0.4 is 9.99 Å². The minimum Gasteiger partial charge on any atom is -0.267 e. The maximum Gasteiger partial charge on any atom is 0.277 e. The maximum absolute atomic E-state index is 11.9. The number of nitrogens with zero attached hydrogens (tertiary/aromatic N) is 2. The first-order valence-electron chi connectivity index (χ1n) is 7.92. The van der Waals surface area contributed by atoms with Crippen LogP contribution in [-0.4, -0.2) is 11.6 Å². The fraction of sp³-hybridized carbons (Fsp3) is 0.588. The summed E-state index contributed by atoms with van der Waals surface area (Å²) in [6.45, 7) is 4.20. The number of aryl methyl sites for hydroxylation is 1. The highest BCUT2D eigenvalue weighted by atomic mass is 16.2. The van der Waals surface area contributed by atoms with E-state index in [1.807, 2.05) is 30.8 Å². The Labute approximate surface area is 128 Å². The third kappa shape index (κ3) is 7.59. The number of aromatic nitrogens is 1. The predicted octanol–water partition coefficient (Wildman–Crippen LogP) is 3.37. The summed E-state index contributed by atoms with van der Waals surface area (Å²) in [4.78, 5) is 11.9. The molecule has 0 aromatic carbocycles. The Balaban J connectivity index is 2.27. The van der Waals surface area contributed by atoms with Gasteiger partial charge in [0.15, 0.2) is 12.4 Å². The number of rotatable bonds is 9. The number of pyridine rings is 1. The number of nitrogens with one attached hydrogen (secondary N) is 1. The van der Waals surface area contributed by atoms with Crippen LogP contribution >= 0.6 is 0 Å². The molecule has 0 saturated carbocycles. The first-order valence-corrected chi connectivity index (χ1v) is 7.92. The molecule has 0 aliphatic heterocycles. The highest BCUT2D eigenvalue weighted by molar-refractivity contribution is 5.94. The van der Waals surface area contributed by atoms with E-state index in [1.54, 1.807) is 12.3 Å². The van der Waals surface area contributed by atoms with Gasteiger partial charge in [0.2, 0.25) is 0 Å². The Morgan fingerprint density at radius 2 is 1.95 bits per heavy atom. The van der Waals surface area contributed by atoms with E-state index in [0.717, 1.165) is 18.6 Å². The van der Waals surface area contributed by atoms with Crippen LogP contribution in [0.5, 0.6) is 0 Å². The van der Waals surface area contributed by atoms with E-state index >= 15 is 0 Å². The lowest BCUT2D eigenvalue weighted by molar-refractivity contribution is -0.671. The number of carbonyl (C=O) groups is 1. The summed E-state index contributed by atoms with van der Waals surface area (Å²) in [5, 5.41) is 4.17. The van der Waals surface area contributed by atoms with Crippen molar-refractivity contribution in [1.82, 2.24) is 5.43 Å². The van der Waals surface area contributed by atoms with E-state index < -0.39 is 0 Å². The van der Waals surface area contributed by atoms with Crippen molar-refractivity contribution >= 4 is 11.6 Å². The van der Waals surface area contributed by atoms with Crippen molar-refractivity contribution in [3.05, 3.63) is 30.1 Å². The van der Waals surface area contributed by atoms with Gasteiger partial charge in [0.05, 0.1) is 0 Å². The summed E-state index contributed by atoms with van der Waals surface area (Å²) in [5.41, 5.74) is 4.23. The molecule has 0 spiro atoms. The van der Waals surface area contributed by atoms with Gasteiger partial charge in [0.25, 0.3) is 5.91 Å². The number of unbranched alkanes of at least 4 members (excludes halogenated alkanes) is 5. The molecule has 0 aliphatic carbocycles. The Hall–Kier alpha value is -1.71. The zero-order chi connectivity index (χ0) is 15.5. The molecule has 1 aromatic heterocycles. The van der Waals surface area contributed by atoms with Crippen LogP contribution in [0.25, 0.3) is 0 Å². The van der Waals surface area contributed by atoms with Crippen molar-refractivity contribution < 1.29 is 9.36 Å². The second-order valence-corrected chi connectivity index (χ2v) is 5.56. The van der Waals surface area contributed by atoms with Crippen molar-refractivity contribution in [2.24, 2.45) is 12.1 Å². The van der Waals surface area contributed by atoms with Gasteiger partial charge in [0, 0.05) is 11.8 Å². The Morgan fingerprint density at radius 3 is 2.67 bits per heavy atom. The number of carbonyl (C=O) groups excluding carboxylic acids is 1. The molecule has 0 bridgehead atoms. The molecule has 1 amide bonds. The molecular formula is C17H28N3O+. The molecule has 116 valence electrons. The zero-order valence-corrected chi connectivity index (χ0v) is 13.6. The summed E-state index contributed by atoms with van der Waals surface area (Å²) in [5.74, 6) is -0.159. The standard InChI is InChI=1S/C17H27N3O/c1-4-5-6-7-8-9-11-15(2)18-19-17(21)16-12-10-13-20(3)14-16/h10,12-14H,4-9,11H2,1-3H3/p+1/b18-15-. The van der Waals surface area contributed by atoms with Crippen molar-refractivity contribution in [1.29, 1.82) is 0 Å². The molecule has 1 N–H and O–H groups in total. The Kier molecular flexibility index (Phi) is 8.32. The molecule has 1 heterocycles. The fourth-order valence-corrected chi connectivity index (χ4v) is 2.15. The number of amides is 1. The van der Waals surface area contributed by atoms with Crippen LogP contribution in [-0.2, 0) is 7.05 Å². The van der Waals surface area contributed by atoms with E-state index in [2.05, 4.69) is 17.5 Å². The molecule has 1 rings (SSSR count). The minimum atomic E-state index is -0.159. The zero-order valence-electron chi connectivity index (χ0n) is 13.6. The van der Waals surface area contributed by atoms with E-state index in [1.165, 1.54) is 32.1 Å². The second kappa shape index (κ2) is 10.1. The van der Waals surface area contributed by atoms with Crippen LogP contribution in [0.3, 0.4) is 0 Å². The van der Waals surface area contributed by atoms with E-state index in [4.69, 9.17) is 0 Å². The summed E-state index contributed by atoms with van der Waals surface area (Å²) >= 11 is 0. The molecule has 0 unspecified atom stereocenters. The summed E-state index contributed by atoms with van der Waals surface area (Å²) in [6, 6.07) is 3.63. The highest BCUT2D eigenvalue weighted by Gasteiger charge is 2.07. The van der Waals surface area contributed by atoms with Crippen molar-refractivity contribution in [3.63, 3.8) is 0 Å². The Morgan fingerprint density at radius 1 is 1.24 bits per heavy atom. The molecule has 0 atom stereocenters. The average molecular weight is 290 g/mol. The van der Waals surface area contributed by atoms with Gasteiger partial charge < -0.3 is 0 Å². The molecule has 1 aromatic rings. The first kappa shape index (κ1) is 17.3. The molecule has 0 radical (unpaired) electrons. The summed E-state index contributed by atoms with van der Waals surface area (Å²) in [6.07, 6.45) is 12.3. The smallest absolute Gasteiger partial charge is 0.267 e. The third-order valence-corrected chi connectivity index (χ3v) is 3.44. The summed E-state index contributed by atoms with van der Waals surface area (Å²) < 4.78 is 1.85. The van der Waals surface area contributed by atoms with Crippen LogP contribution in [0.1, 0.15) is 69.2 Å². The van der Waals surface area contributed by atoms with Crippen molar-refractivity contribution in [2.75, 3.05) is 0 Å². The minimum absolute atomic E-state index is 0.159. The van der Waals surface area contributed by atoms with E-state index in [0.29, 0.717) is 5.56 Å². The molecule has 4 heteroatoms. The van der Waals surface area contributed by atoms with Crippen LogP contribution in [0, 0.1) is 0 Å². The molecule has 21 heavy (non-hydrogen) atoms. The normalized spacial score (nSPS) is 11.5. The van der Waals surface area contributed by atoms with Crippen molar-refractivity contribution in [3.8, 4) is 0 Å². The average Bonchev–Trinajstić information content (AvgIpc) is 2.48. The van der Waals surface area contributed by atoms with E-state index in [9.17, 15) is 4.79 Å². The largest absolute Gasteiger partial charge is 0.277 e. The third-order valence-electron chi connectivity index (χ3n) is 3.44. The molecule has 0 aliphatic rings. The van der Waals surface area contributed by atoms with E-state index in [-0.39, 0.29) is 5.91 Å². The topological polar surface area (TPSA) is 45.3 Å². The van der Waals surface area contributed by atoms with Gasteiger partial charge in [-0.25, -0.2) is 9.99 Å². The van der Waals surface area contributed by atoms with Gasteiger partial charge in [0.1, 0.15) is 12.6 Å². The van der Waals surface area contributed by atoms with Crippen LogP contribution in [0.2, 0.25) is 0 Å². The number of hydrazone groups is 1. The SMILES string of the molecule is CCCCCCCC/C(C)=N\NC(=O)c1ccc[n+](C)c1. The number of hydrogen-bond acceptors (Lipinski definition) is 2. The lowest BCUT2D eigenvalue weighted by Gasteiger charge is -2.03. The summed E-state index contributed by atoms with van der Waals surface area (Å²) in [7, 11) is 1.89. The fourth-order valence-electron chi connectivity index (χ4n) is 2.15. The maximum atomic E-state index is 11.9. The van der Waals surface area contributed by atoms with Gasteiger partial charge in [-0.2, -0.15) is 5.10 Å².